The summed E-state index contributed by atoms with van der Waals surface area (Å²) in [6, 6.07) is 11.5. The summed E-state index contributed by atoms with van der Waals surface area (Å²) in [7, 11) is 1.55. The maximum Gasteiger partial charge on any atom is 0.357 e. The van der Waals surface area contributed by atoms with Crippen LogP contribution in [0.5, 0.6) is 5.75 Å². The number of pyridine rings is 1. The average Bonchev–Trinajstić information content (AvgIpc) is 2.55. The molecule has 5 nitrogen and oxygen atoms in total. The number of aromatic nitrogens is 1. The topological polar surface area (TPSA) is 65.5 Å². The highest BCUT2D eigenvalue weighted by molar-refractivity contribution is 6.01. The van der Waals surface area contributed by atoms with Crippen molar-refractivity contribution in [2.24, 2.45) is 0 Å². The van der Waals surface area contributed by atoms with Gasteiger partial charge < -0.3 is 9.47 Å². The van der Waals surface area contributed by atoms with Crippen molar-refractivity contribution in [3.05, 3.63) is 59.9 Å². The van der Waals surface area contributed by atoms with Gasteiger partial charge in [-0.25, -0.2) is 9.78 Å². The predicted molar refractivity (Wildman–Crippen MR) is 76.4 cm³/mol. The molecule has 1 atom stereocenters. The van der Waals surface area contributed by atoms with Crippen molar-refractivity contribution in [1.29, 1.82) is 0 Å². The van der Waals surface area contributed by atoms with E-state index in [1.165, 1.54) is 19.2 Å². The summed E-state index contributed by atoms with van der Waals surface area (Å²) in [4.78, 5) is 27.9. The summed E-state index contributed by atoms with van der Waals surface area (Å²) < 4.78 is 10.2. The lowest BCUT2D eigenvalue weighted by Crippen LogP contribution is -2.24. The SMILES string of the molecule is COc1ccc(C(=O)C(C)OC(=O)c2ccccn2)cc1. The first-order valence-corrected chi connectivity index (χ1v) is 6.42. The van der Waals surface area contributed by atoms with Crippen molar-refractivity contribution in [2.45, 2.75) is 13.0 Å². The summed E-state index contributed by atoms with van der Waals surface area (Å²) in [5, 5.41) is 0. The number of benzene rings is 1. The first-order chi connectivity index (χ1) is 10.1. The number of hydrogen-bond acceptors (Lipinski definition) is 5. The van der Waals surface area contributed by atoms with Gasteiger partial charge in [-0.15, -0.1) is 0 Å². The second-order valence-corrected chi connectivity index (χ2v) is 4.36. The number of carbonyl (C=O) groups excluding carboxylic acids is 2. The molecule has 0 bridgehead atoms. The number of ether oxygens (including phenoxy) is 2. The summed E-state index contributed by atoms with van der Waals surface area (Å²) >= 11 is 0. The lowest BCUT2D eigenvalue weighted by molar-refractivity contribution is 0.0313. The minimum absolute atomic E-state index is 0.173. The molecule has 108 valence electrons. The Morgan fingerprint density at radius 2 is 1.81 bits per heavy atom. The molecule has 2 rings (SSSR count). The van der Waals surface area contributed by atoms with Gasteiger partial charge in [-0.3, -0.25) is 4.79 Å². The zero-order chi connectivity index (χ0) is 15.2. The van der Waals surface area contributed by atoms with Crippen molar-refractivity contribution in [2.75, 3.05) is 7.11 Å². The second kappa shape index (κ2) is 6.65. The number of hydrogen-bond donors (Lipinski definition) is 0. The van der Waals surface area contributed by atoms with Crippen molar-refractivity contribution < 1.29 is 19.1 Å². The Kier molecular flexibility index (Phi) is 4.66. The molecular formula is C16H15NO4. The molecule has 0 fully saturated rings. The smallest absolute Gasteiger partial charge is 0.357 e. The molecule has 1 unspecified atom stereocenters. The van der Waals surface area contributed by atoms with E-state index < -0.39 is 12.1 Å². The summed E-state index contributed by atoms with van der Waals surface area (Å²) in [5.74, 6) is -0.239. The van der Waals surface area contributed by atoms with Crippen LogP contribution >= 0.6 is 0 Å². The molecule has 1 aromatic carbocycles. The van der Waals surface area contributed by atoms with Gasteiger partial charge in [0.15, 0.2) is 6.10 Å². The van der Waals surface area contributed by atoms with E-state index in [4.69, 9.17) is 9.47 Å². The van der Waals surface area contributed by atoms with E-state index in [1.807, 2.05) is 0 Å². The lowest BCUT2D eigenvalue weighted by Gasteiger charge is -2.12. The van der Waals surface area contributed by atoms with E-state index in [9.17, 15) is 9.59 Å². The van der Waals surface area contributed by atoms with Crippen molar-refractivity contribution in [3.8, 4) is 5.75 Å². The van der Waals surface area contributed by atoms with E-state index in [2.05, 4.69) is 4.98 Å². The molecular weight excluding hydrogens is 270 g/mol. The number of rotatable bonds is 5. The van der Waals surface area contributed by atoms with Gasteiger partial charge in [0.1, 0.15) is 11.4 Å². The largest absolute Gasteiger partial charge is 0.497 e. The Labute approximate surface area is 122 Å². The Morgan fingerprint density at radius 1 is 1.10 bits per heavy atom. The monoisotopic (exact) mass is 285 g/mol. The van der Waals surface area contributed by atoms with Crippen LogP contribution in [-0.2, 0) is 4.74 Å². The number of ketones is 1. The van der Waals surface area contributed by atoms with E-state index in [0.717, 1.165) is 0 Å². The minimum atomic E-state index is -0.882. The van der Waals surface area contributed by atoms with Crippen LogP contribution in [0.3, 0.4) is 0 Å². The zero-order valence-corrected chi connectivity index (χ0v) is 11.8. The third-order valence-corrected chi connectivity index (χ3v) is 2.90. The van der Waals surface area contributed by atoms with Gasteiger partial charge in [0.05, 0.1) is 7.11 Å². The first kappa shape index (κ1) is 14.7. The van der Waals surface area contributed by atoms with Crippen LogP contribution in [0.4, 0.5) is 0 Å². The fraction of sp³-hybridized carbons (Fsp3) is 0.188. The molecule has 21 heavy (non-hydrogen) atoms. The molecule has 0 N–H and O–H groups in total. The maximum absolute atomic E-state index is 12.2. The van der Waals surface area contributed by atoms with Gasteiger partial charge in [0, 0.05) is 11.8 Å². The molecule has 1 aromatic heterocycles. The quantitative estimate of drug-likeness (QED) is 0.624. The number of Topliss-reactive ketones (excluding diaryl/α,β-unsaturated/α-hetero) is 1. The maximum atomic E-state index is 12.2. The van der Waals surface area contributed by atoms with Gasteiger partial charge >= 0.3 is 5.97 Å². The van der Waals surface area contributed by atoms with Gasteiger partial charge in [-0.2, -0.15) is 0 Å². The van der Waals surface area contributed by atoms with Gasteiger partial charge in [-0.1, -0.05) is 6.07 Å². The molecule has 0 aliphatic heterocycles. The van der Waals surface area contributed by atoms with Crippen LogP contribution in [-0.4, -0.2) is 30.0 Å². The third-order valence-electron chi connectivity index (χ3n) is 2.90. The van der Waals surface area contributed by atoms with E-state index in [0.29, 0.717) is 11.3 Å². The van der Waals surface area contributed by atoms with E-state index in [-0.39, 0.29) is 11.5 Å². The third kappa shape index (κ3) is 3.66. The molecule has 2 aromatic rings. The molecule has 0 aliphatic carbocycles. The highest BCUT2D eigenvalue weighted by Gasteiger charge is 2.20. The van der Waals surface area contributed by atoms with Crippen LogP contribution < -0.4 is 4.74 Å². The molecule has 0 spiro atoms. The van der Waals surface area contributed by atoms with Crippen LogP contribution in [0.15, 0.2) is 48.7 Å². The zero-order valence-electron chi connectivity index (χ0n) is 11.8. The van der Waals surface area contributed by atoms with Crippen LogP contribution in [0.1, 0.15) is 27.8 Å². The average molecular weight is 285 g/mol. The summed E-state index contributed by atoms with van der Waals surface area (Å²) in [6.07, 6.45) is 0.611. The van der Waals surface area contributed by atoms with Crippen molar-refractivity contribution in [1.82, 2.24) is 4.98 Å². The fourth-order valence-corrected chi connectivity index (χ4v) is 1.75. The molecule has 0 radical (unpaired) electrons. The molecule has 0 amide bonds. The standard InChI is InChI=1S/C16H15NO4/c1-11(21-16(19)14-5-3-4-10-17-14)15(18)12-6-8-13(20-2)9-7-12/h3-11H,1-2H3. The number of methoxy groups -OCH3 is 1. The van der Waals surface area contributed by atoms with E-state index >= 15 is 0 Å². The predicted octanol–water partition coefficient (Wildman–Crippen LogP) is 2.52. The van der Waals surface area contributed by atoms with Gasteiger partial charge in [0.2, 0.25) is 5.78 Å². The van der Waals surface area contributed by atoms with Crippen molar-refractivity contribution >= 4 is 11.8 Å². The van der Waals surface area contributed by atoms with Crippen LogP contribution in [0.25, 0.3) is 0 Å². The van der Waals surface area contributed by atoms with Crippen LogP contribution in [0.2, 0.25) is 0 Å². The van der Waals surface area contributed by atoms with Crippen LogP contribution in [0, 0.1) is 0 Å². The highest BCUT2D eigenvalue weighted by Crippen LogP contribution is 2.14. The van der Waals surface area contributed by atoms with Gasteiger partial charge in [-0.05, 0) is 43.3 Å². The Morgan fingerprint density at radius 3 is 2.38 bits per heavy atom. The molecule has 1 heterocycles. The molecule has 0 saturated carbocycles. The van der Waals surface area contributed by atoms with Crippen molar-refractivity contribution in [3.63, 3.8) is 0 Å². The number of carbonyl (C=O) groups is 2. The van der Waals surface area contributed by atoms with Gasteiger partial charge in [0.25, 0.3) is 0 Å². The summed E-state index contributed by atoms with van der Waals surface area (Å²) in [6.45, 7) is 1.54. The Bertz CT molecular complexity index is 622. The normalized spacial score (nSPS) is 11.5. The lowest BCUT2D eigenvalue weighted by atomic mass is 10.1. The van der Waals surface area contributed by atoms with E-state index in [1.54, 1.807) is 43.5 Å². The first-order valence-electron chi connectivity index (χ1n) is 6.42. The molecule has 0 aliphatic rings. The minimum Gasteiger partial charge on any atom is -0.497 e. The molecule has 0 saturated heterocycles. The summed E-state index contributed by atoms with van der Waals surface area (Å²) in [5.41, 5.74) is 0.629. The molecule has 5 heteroatoms. The Hall–Kier alpha value is -2.69. The fourth-order valence-electron chi connectivity index (χ4n) is 1.75. The Balaban J connectivity index is 2.03. The second-order valence-electron chi connectivity index (χ2n) is 4.36. The number of esters is 1. The number of nitrogens with zero attached hydrogens (tertiary/aromatic N) is 1. The highest BCUT2D eigenvalue weighted by atomic mass is 16.5.